The molecule has 7 nitrogen and oxygen atoms in total. The summed E-state index contributed by atoms with van der Waals surface area (Å²) >= 11 is 3.43. The van der Waals surface area contributed by atoms with Crippen molar-refractivity contribution < 1.29 is 17.9 Å². The molecule has 192 valence electrons. The van der Waals surface area contributed by atoms with Gasteiger partial charge in [0.1, 0.15) is 16.0 Å². The van der Waals surface area contributed by atoms with Gasteiger partial charge >= 0.3 is 0 Å². The minimum Gasteiger partial charge on any atom is -0.491 e. The van der Waals surface area contributed by atoms with E-state index in [-0.39, 0.29) is 22.8 Å². The van der Waals surface area contributed by atoms with Gasteiger partial charge in [0.2, 0.25) is 10.0 Å². The predicted molar refractivity (Wildman–Crippen MR) is 147 cm³/mol. The molecule has 1 saturated heterocycles. The van der Waals surface area contributed by atoms with Gasteiger partial charge in [0, 0.05) is 30.2 Å². The zero-order valence-corrected chi connectivity index (χ0v) is 23.1. The Bertz CT molecular complexity index is 1530. The van der Waals surface area contributed by atoms with Crippen molar-refractivity contribution in [1.29, 1.82) is 0 Å². The Morgan fingerprint density at radius 2 is 1.68 bits per heavy atom. The Labute approximate surface area is 225 Å². The monoisotopic (exact) mass is 581 g/mol. The fraction of sp³-hybridized carbons (Fsp3) is 0.286. The largest absolute Gasteiger partial charge is 0.491 e. The lowest BCUT2D eigenvalue weighted by molar-refractivity contribution is 0.0964. The van der Waals surface area contributed by atoms with E-state index in [9.17, 15) is 13.2 Å². The van der Waals surface area contributed by atoms with Crippen LogP contribution in [0.5, 0.6) is 5.75 Å². The molecule has 2 aromatic heterocycles. The number of carbonyl (C=O) groups excluding carboxylic acids is 1. The van der Waals surface area contributed by atoms with Crippen LogP contribution >= 0.6 is 15.9 Å². The lowest BCUT2D eigenvalue weighted by Gasteiger charge is -2.31. The van der Waals surface area contributed by atoms with Crippen molar-refractivity contribution in [1.82, 2.24) is 13.9 Å². The summed E-state index contributed by atoms with van der Waals surface area (Å²) in [5.74, 6) is 0.616. The van der Waals surface area contributed by atoms with Gasteiger partial charge < -0.3 is 4.74 Å². The number of halogens is 1. The molecule has 0 saturated carbocycles. The molecule has 4 aromatic rings. The molecule has 37 heavy (non-hydrogen) atoms. The first-order valence-corrected chi connectivity index (χ1v) is 14.5. The first kappa shape index (κ1) is 25.6. The number of fused-ring (bicyclic) bond motifs is 1. The molecule has 1 aliphatic heterocycles. The van der Waals surface area contributed by atoms with Crippen LogP contribution in [0.4, 0.5) is 0 Å². The third-order valence-electron chi connectivity index (χ3n) is 6.62. The van der Waals surface area contributed by atoms with Crippen LogP contribution in [0.25, 0.3) is 11.0 Å². The van der Waals surface area contributed by atoms with E-state index in [0.717, 1.165) is 10.9 Å². The Morgan fingerprint density at radius 1 is 1.00 bits per heavy atom. The molecule has 0 amide bonds. The standard InChI is InChI=1S/C28H28BrN3O4S/c1-19(2)36-22-8-10-23(11-9-22)37(34,35)31-16-14-20(15-17-31)25-18-32(27-24(25)12-13-26(29)30-27)28(33)21-6-4-3-5-7-21/h3-13,18-20H,14-17H2,1-2H3. The summed E-state index contributed by atoms with van der Waals surface area (Å²) in [6.45, 7) is 4.67. The molecule has 0 unspecified atom stereocenters. The number of ether oxygens (including phenoxy) is 1. The van der Waals surface area contributed by atoms with Crippen molar-refractivity contribution in [3.05, 3.63) is 88.7 Å². The van der Waals surface area contributed by atoms with Crippen LogP contribution in [0.15, 0.2) is 82.4 Å². The van der Waals surface area contributed by atoms with Gasteiger partial charge in [-0.25, -0.2) is 13.4 Å². The lowest BCUT2D eigenvalue weighted by Crippen LogP contribution is -2.37. The van der Waals surface area contributed by atoms with Crippen LogP contribution in [0.1, 0.15) is 48.5 Å². The molecule has 1 fully saturated rings. The highest BCUT2D eigenvalue weighted by atomic mass is 79.9. The highest BCUT2D eigenvalue weighted by molar-refractivity contribution is 9.10. The maximum absolute atomic E-state index is 13.3. The zero-order chi connectivity index (χ0) is 26.2. The fourth-order valence-corrected chi connectivity index (χ4v) is 6.59. The number of benzene rings is 2. The number of piperidine rings is 1. The second-order valence-electron chi connectivity index (χ2n) is 9.45. The van der Waals surface area contributed by atoms with Gasteiger partial charge in [0.25, 0.3) is 5.91 Å². The van der Waals surface area contributed by atoms with Gasteiger partial charge in [-0.3, -0.25) is 9.36 Å². The summed E-state index contributed by atoms with van der Waals surface area (Å²) in [7, 11) is -3.61. The summed E-state index contributed by atoms with van der Waals surface area (Å²) in [4.78, 5) is 18.2. The van der Waals surface area contributed by atoms with Crippen LogP contribution in [-0.4, -0.2) is 47.4 Å². The Balaban J connectivity index is 1.38. The highest BCUT2D eigenvalue weighted by Gasteiger charge is 2.32. The van der Waals surface area contributed by atoms with E-state index < -0.39 is 10.0 Å². The van der Waals surface area contributed by atoms with Crippen molar-refractivity contribution in [3.63, 3.8) is 0 Å². The van der Waals surface area contributed by atoms with E-state index in [0.29, 0.717) is 47.5 Å². The minimum atomic E-state index is -3.61. The molecule has 9 heteroatoms. The molecule has 0 bridgehead atoms. The average molecular weight is 583 g/mol. The van der Waals surface area contributed by atoms with Gasteiger partial charge in [0.15, 0.2) is 0 Å². The molecule has 0 N–H and O–H groups in total. The Hall–Kier alpha value is -3.01. The first-order chi connectivity index (χ1) is 17.7. The van der Waals surface area contributed by atoms with Gasteiger partial charge in [-0.15, -0.1) is 0 Å². The second-order valence-corrected chi connectivity index (χ2v) is 12.2. The normalized spacial score (nSPS) is 15.4. The van der Waals surface area contributed by atoms with Crippen LogP contribution < -0.4 is 4.74 Å². The van der Waals surface area contributed by atoms with Gasteiger partial charge in [-0.05, 0) is 103 Å². The Morgan fingerprint density at radius 3 is 2.32 bits per heavy atom. The number of sulfonamides is 1. The molecule has 0 aliphatic carbocycles. The van der Waals surface area contributed by atoms with Crippen LogP contribution in [-0.2, 0) is 10.0 Å². The SMILES string of the molecule is CC(C)Oc1ccc(S(=O)(=O)N2CCC(c3cn(C(=O)c4ccccc4)c4nc(Br)ccc34)CC2)cc1. The van der Waals surface area contributed by atoms with E-state index in [1.807, 2.05) is 50.4 Å². The number of hydrogen-bond acceptors (Lipinski definition) is 5. The summed E-state index contributed by atoms with van der Waals surface area (Å²) in [5, 5.41) is 0.912. The number of pyridine rings is 1. The molecule has 2 aromatic carbocycles. The van der Waals surface area contributed by atoms with E-state index in [4.69, 9.17) is 4.74 Å². The van der Waals surface area contributed by atoms with Crippen molar-refractivity contribution in [2.75, 3.05) is 13.1 Å². The van der Waals surface area contributed by atoms with E-state index >= 15 is 0 Å². The second kappa shape index (κ2) is 10.4. The average Bonchev–Trinajstić information content (AvgIpc) is 3.27. The van der Waals surface area contributed by atoms with E-state index in [1.165, 1.54) is 0 Å². The molecule has 5 rings (SSSR count). The van der Waals surface area contributed by atoms with Crippen LogP contribution in [0.3, 0.4) is 0 Å². The number of nitrogens with zero attached hydrogens (tertiary/aromatic N) is 3. The van der Waals surface area contributed by atoms with Gasteiger partial charge in [-0.2, -0.15) is 4.31 Å². The maximum Gasteiger partial charge on any atom is 0.263 e. The van der Waals surface area contributed by atoms with Gasteiger partial charge in [-0.1, -0.05) is 18.2 Å². The lowest BCUT2D eigenvalue weighted by atomic mass is 9.90. The number of hydrogen-bond donors (Lipinski definition) is 0. The molecule has 0 radical (unpaired) electrons. The third-order valence-corrected chi connectivity index (χ3v) is 8.97. The van der Waals surface area contributed by atoms with Crippen LogP contribution in [0.2, 0.25) is 0 Å². The fourth-order valence-electron chi connectivity index (χ4n) is 4.82. The minimum absolute atomic E-state index is 0.0201. The molecular weight excluding hydrogens is 554 g/mol. The third kappa shape index (κ3) is 5.21. The summed E-state index contributed by atoms with van der Waals surface area (Å²) in [5.41, 5.74) is 2.20. The number of carbonyl (C=O) groups is 1. The number of aromatic nitrogens is 2. The summed E-state index contributed by atoms with van der Waals surface area (Å²) in [6.07, 6.45) is 3.21. The molecule has 0 spiro atoms. The van der Waals surface area contributed by atoms with E-state index in [1.54, 1.807) is 45.3 Å². The van der Waals surface area contributed by atoms with E-state index in [2.05, 4.69) is 20.9 Å². The summed E-state index contributed by atoms with van der Waals surface area (Å²) in [6, 6.07) is 19.6. The van der Waals surface area contributed by atoms with Crippen molar-refractivity contribution in [2.24, 2.45) is 0 Å². The number of rotatable bonds is 6. The summed E-state index contributed by atoms with van der Waals surface area (Å²) < 4.78 is 36.0. The van der Waals surface area contributed by atoms with Crippen LogP contribution in [0, 0.1) is 0 Å². The first-order valence-electron chi connectivity index (χ1n) is 12.3. The van der Waals surface area contributed by atoms with Gasteiger partial charge in [0.05, 0.1) is 11.0 Å². The zero-order valence-electron chi connectivity index (χ0n) is 20.7. The molecular formula is C28H28BrN3O4S. The highest BCUT2D eigenvalue weighted by Crippen LogP contribution is 2.36. The predicted octanol–water partition coefficient (Wildman–Crippen LogP) is 5.84. The van der Waals surface area contributed by atoms with Crippen molar-refractivity contribution in [3.8, 4) is 5.75 Å². The van der Waals surface area contributed by atoms with Crippen molar-refractivity contribution in [2.45, 2.75) is 43.6 Å². The molecule has 0 atom stereocenters. The van der Waals surface area contributed by atoms with Crippen molar-refractivity contribution >= 4 is 42.9 Å². The smallest absolute Gasteiger partial charge is 0.263 e. The Kier molecular flexibility index (Phi) is 7.20. The quantitative estimate of drug-likeness (QED) is 0.267. The topological polar surface area (TPSA) is 81.5 Å². The molecule has 1 aliphatic rings. The maximum atomic E-state index is 13.3. The molecule has 3 heterocycles.